The van der Waals surface area contributed by atoms with Gasteiger partial charge in [0.15, 0.2) is 11.6 Å². The van der Waals surface area contributed by atoms with Gasteiger partial charge in [-0.2, -0.15) is 5.10 Å². The number of H-pyrrole nitrogens is 1. The smallest absolute Gasteiger partial charge is 0.151 e. The van der Waals surface area contributed by atoms with E-state index >= 15 is 0 Å². The van der Waals surface area contributed by atoms with Gasteiger partial charge in [0.2, 0.25) is 0 Å². The fourth-order valence-electron chi connectivity index (χ4n) is 2.50. The topological polar surface area (TPSA) is 50.8 Å². The van der Waals surface area contributed by atoms with Crippen molar-refractivity contribution in [2.45, 2.75) is 32.5 Å². The molecule has 0 fully saturated rings. The molecule has 0 aliphatic carbocycles. The van der Waals surface area contributed by atoms with Gasteiger partial charge < -0.3 is 4.74 Å². The molecule has 3 rings (SSSR count). The molecule has 0 saturated carbocycles. The van der Waals surface area contributed by atoms with Crippen LogP contribution >= 0.6 is 0 Å². The summed E-state index contributed by atoms with van der Waals surface area (Å²) in [6, 6.07) is 20.6. The van der Waals surface area contributed by atoms with Gasteiger partial charge in [0.25, 0.3) is 0 Å². The summed E-state index contributed by atoms with van der Waals surface area (Å²) in [7, 11) is 0. The Balaban J connectivity index is 1.50. The van der Waals surface area contributed by atoms with Gasteiger partial charge in [-0.15, -0.1) is 0 Å². The average molecular weight is 307 g/mol. The SMILES string of the molecule is CC(Cc1n[nH]c(COCc2ccccc2)n1)c1ccccc1. The highest BCUT2D eigenvalue weighted by Crippen LogP contribution is 2.18. The molecule has 1 atom stereocenters. The second-order valence-corrected chi connectivity index (χ2v) is 5.69. The van der Waals surface area contributed by atoms with Gasteiger partial charge in [0.1, 0.15) is 6.61 Å². The van der Waals surface area contributed by atoms with E-state index in [2.05, 4.69) is 46.4 Å². The van der Waals surface area contributed by atoms with E-state index < -0.39 is 0 Å². The second kappa shape index (κ2) is 7.70. The molecule has 118 valence electrons. The number of nitrogens with zero attached hydrogens (tertiary/aromatic N) is 2. The third-order valence-electron chi connectivity index (χ3n) is 3.79. The lowest BCUT2D eigenvalue weighted by Gasteiger charge is -2.08. The maximum Gasteiger partial charge on any atom is 0.151 e. The van der Waals surface area contributed by atoms with Crippen LogP contribution in [0.15, 0.2) is 60.7 Å². The van der Waals surface area contributed by atoms with Crippen LogP contribution in [0, 0.1) is 0 Å². The number of aromatic amines is 1. The molecule has 4 heteroatoms. The van der Waals surface area contributed by atoms with Crippen LogP contribution in [0.2, 0.25) is 0 Å². The predicted molar refractivity (Wildman–Crippen MR) is 89.9 cm³/mol. The zero-order chi connectivity index (χ0) is 15.9. The molecular formula is C19H21N3O. The van der Waals surface area contributed by atoms with Crippen LogP contribution in [-0.2, 0) is 24.4 Å². The molecule has 1 aromatic heterocycles. The van der Waals surface area contributed by atoms with Crippen LogP contribution in [0.1, 0.15) is 35.6 Å². The number of benzene rings is 2. The molecule has 0 spiro atoms. The standard InChI is InChI=1S/C19H21N3O/c1-15(17-10-6-3-7-11-17)12-18-20-19(22-21-18)14-23-13-16-8-4-2-5-9-16/h2-11,15H,12-14H2,1H3,(H,20,21,22). The number of nitrogens with one attached hydrogen (secondary N) is 1. The summed E-state index contributed by atoms with van der Waals surface area (Å²) in [4.78, 5) is 4.52. The highest BCUT2D eigenvalue weighted by Gasteiger charge is 2.10. The molecule has 4 nitrogen and oxygen atoms in total. The molecule has 1 heterocycles. The van der Waals surface area contributed by atoms with Gasteiger partial charge in [0, 0.05) is 6.42 Å². The molecule has 0 aliphatic rings. The van der Waals surface area contributed by atoms with Crippen LogP contribution < -0.4 is 0 Å². The summed E-state index contributed by atoms with van der Waals surface area (Å²) < 4.78 is 5.67. The predicted octanol–water partition coefficient (Wildman–Crippen LogP) is 3.87. The quantitative estimate of drug-likeness (QED) is 0.721. The summed E-state index contributed by atoms with van der Waals surface area (Å²) in [5, 5.41) is 7.25. The largest absolute Gasteiger partial charge is 0.369 e. The fraction of sp³-hybridized carbons (Fsp3) is 0.263. The van der Waals surface area contributed by atoms with Crippen molar-refractivity contribution >= 4 is 0 Å². The molecule has 0 aliphatic heterocycles. The molecule has 23 heavy (non-hydrogen) atoms. The van der Waals surface area contributed by atoms with E-state index in [1.54, 1.807) is 0 Å². The normalized spacial score (nSPS) is 12.2. The van der Waals surface area contributed by atoms with E-state index in [1.165, 1.54) is 5.56 Å². The monoisotopic (exact) mass is 307 g/mol. The summed E-state index contributed by atoms with van der Waals surface area (Å²) >= 11 is 0. The van der Waals surface area contributed by atoms with Crippen molar-refractivity contribution in [3.63, 3.8) is 0 Å². The maximum atomic E-state index is 5.67. The van der Waals surface area contributed by atoms with Crippen molar-refractivity contribution < 1.29 is 4.74 Å². The molecule has 1 unspecified atom stereocenters. The Morgan fingerprint density at radius 1 is 0.957 bits per heavy atom. The van der Waals surface area contributed by atoms with Crippen molar-refractivity contribution in [2.24, 2.45) is 0 Å². The van der Waals surface area contributed by atoms with Crippen molar-refractivity contribution in [3.05, 3.63) is 83.4 Å². The first kappa shape index (κ1) is 15.4. The van der Waals surface area contributed by atoms with E-state index in [0.29, 0.717) is 19.1 Å². The van der Waals surface area contributed by atoms with Crippen molar-refractivity contribution in [1.82, 2.24) is 15.2 Å². The highest BCUT2D eigenvalue weighted by molar-refractivity contribution is 5.19. The molecule has 1 N–H and O–H groups in total. The van der Waals surface area contributed by atoms with Crippen LogP contribution in [0.3, 0.4) is 0 Å². The first-order valence-corrected chi connectivity index (χ1v) is 7.88. The van der Waals surface area contributed by atoms with Gasteiger partial charge >= 0.3 is 0 Å². The molecule has 0 amide bonds. The number of hydrogen-bond acceptors (Lipinski definition) is 3. The van der Waals surface area contributed by atoms with Gasteiger partial charge in [-0.3, -0.25) is 5.10 Å². The Morgan fingerprint density at radius 2 is 1.65 bits per heavy atom. The van der Waals surface area contributed by atoms with Crippen LogP contribution in [0.25, 0.3) is 0 Å². The highest BCUT2D eigenvalue weighted by atomic mass is 16.5. The third-order valence-corrected chi connectivity index (χ3v) is 3.79. The van der Waals surface area contributed by atoms with Crippen LogP contribution in [0.5, 0.6) is 0 Å². The first-order chi connectivity index (χ1) is 11.3. The summed E-state index contributed by atoms with van der Waals surface area (Å²) in [5.41, 5.74) is 2.46. The zero-order valence-electron chi connectivity index (χ0n) is 13.3. The van der Waals surface area contributed by atoms with Crippen LogP contribution in [-0.4, -0.2) is 15.2 Å². The number of rotatable bonds is 7. The van der Waals surface area contributed by atoms with E-state index in [0.717, 1.165) is 23.6 Å². The second-order valence-electron chi connectivity index (χ2n) is 5.69. The summed E-state index contributed by atoms with van der Waals surface area (Å²) in [5.74, 6) is 2.00. The Labute approximate surface area is 136 Å². The molecule has 2 aromatic carbocycles. The Bertz CT molecular complexity index is 710. The third kappa shape index (κ3) is 4.50. The Hall–Kier alpha value is -2.46. The first-order valence-electron chi connectivity index (χ1n) is 7.88. The van der Waals surface area contributed by atoms with Crippen LogP contribution in [0.4, 0.5) is 0 Å². The minimum Gasteiger partial charge on any atom is -0.369 e. The minimum atomic E-state index is 0.394. The summed E-state index contributed by atoms with van der Waals surface area (Å²) in [6.45, 7) is 3.22. The molecule has 0 saturated heterocycles. The molecule has 0 radical (unpaired) electrons. The average Bonchev–Trinajstić information content (AvgIpc) is 3.04. The number of aromatic nitrogens is 3. The van der Waals surface area contributed by atoms with Crippen molar-refractivity contribution in [1.29, 1.82) is 0 Å². The summed E-state index contributed by atoms with van der Waals surface area (Å²) in [6.07, 6.45) is 0.819. The fourth-order valence-corrected chi connectivity index (χ4v) is 2.50. The number of ether oxygens (including phenoxy) is 1. The molecular weight excluding hydrogens is 286 g/mol. The van der Waals surface area contributed by atoms with E-state index in [4.69, 9.17) is 4.74 Å². The number of hydrogen-bond donors (Lipinski definition) is 1. The lowest BCUT2D eigenvalue weighted by Crippen LogP contribution is -2.00. The van der Waals surface area contributed by atoms with Gasteiger partial charge in [0.05, 0.1) is 6.61 Å². The lowest BCUT2D eigenvalue weighted by atomic mass is 9.98. The van der Waals surface area contributed by atoms with Gasteiger partial charge in [-0.05, 0) is 17.0 Å². The zero-order valence-corrected chi connectivity index (χ0v) is 13.3. The van der Waals surface area contributed by atoms with Crippen molar-refractivity contribution in [2.75, 3.05) is 0 Å². The Morgan fingerprint density at radius 3 is 2.39 bits per heavy atom. The lowest BCUT2D eigenvalue weighted by molar-refractivity contribution is 0.102. The van der Waals surface area contributed by atoms with Gasteiger partial charge in [-0.1, -0.05) is 67.6 Å². The minimum absolute atomic E-state index is 0.394. The molecule has 3 aromatic rings. The van der Waals surface area contributed by atoms with E-state index in [-0.39, 0.29) is 0 Å². The van der Waals surface area contributed by atoms with E-state index in [1.807, 2.05) is 36.4 Å². The molecule has 0 bridgehead atoms. The Kier molecular flexibility index (Phi) is 5.17. The maximum absolute atomic E-state index is 5.67. The van der Waals surface area contributed by atoms with Crippen molar-refractivity contribution in [3.8, 4) is 0 Å². The van der Waals surface area contributed by atoms with Gasteiger partial charge in [-0.25, -0.2) is 4.98 Å². The van der Waals surface area contributed by atoms with E-state index in [9.17, 15) is 0 Å².